The van der Waals surface area contributed by atoms with Crippen molar-refractivity contribution < 1.29 is 13.6 Å². The van der Waals surface area contributed by atoms with E-state index in [9.17, 15) is 13.6 Å². The van der Waals surface area contributed by atoms with Crippen molar-refractivity contribution in [2.24, 2.45) is 0 Å². The first-order chi connectivity index (χ1) is 13.5. The van der Waals surface area contributed by atoms with E-state index in [2.05, 4.69) is 20.8 Å². The summed E-state index contributed by atoms with van der Waals surface area (Å²) in [5.41, 5.74) is 1.35. The largest absolute Gasteiger partial charge is 0.319 e. The minimum Gasteiger partial charge on any atom is -0.319 e. The molecule has 2 heterocycles. The Labute approximate surface area is 162 Å². The van der Waals surface area contributed by atoms with Crippen LogP contribution in [0, 0.1) is 18.6 Å². The average molecular weight is 397 g/mol. The summed E-state index contributed by atoms with van der Waals surface area (Å²) < 4.78 is 28.7. The Bertz CT molecular complexity index is 1150. The van der Waals surface area contributed by atoms with Gasteiger partial charge in [-0.15, -0.1) is 16.4 Å². The maximum atomic E-state index is 14.2. The number of nitrogens with one attached hydrogen (secondary N) is 1. The SMILES string of the molecule is Cc1nnnn1-c1ccc(F)c(NC(=O)c2ccc(-c3ccc(F)cc3)s2)c1. The second-order valence-electron chi connectivity index (χ2n) is 5.93. The lowest BCUT2D eigenvalue weighted by Gasteiger charge is -2.08. The Morgan fingerprint density at radius 1 is 1.07 bits per heavy atom. The molecule has 0 spiro atoms. The molecule has 1 amide bonds. The fraction of sp³-hybridized carbons (Fsp3) is 0.0526. The van der Waals surface area contributed by atoms with E-state index in [1.807, 2.05) is 0 Å². The normalized spacial score (nSPS) is 10.8. The molecule has 6 nitrogen and oxygen atoms in total. The van der Waals surface area contributed by atoms with Gasteiger partial charge in [0.25, 0.3) is 5.91 Å². The lowest BCUT2D eigenvalue weighted by molar-refractivity contribution is 0.103. The van der Waals surface area contributed by atoms with E-state index in [0.717, 1.165) is 10.4 Å². The number of carbonyl (C=O) groups is 1. The minimum absolute atomic E-state index is 0.0223. The molecule has 0 fully saturated rings. The highest BCUT2D eigenvalue weighted by Crippen LogP contribution is 2.29. The summed E-state index contributed by atoms with van der Waals surface area (Å²) in [6.45, 7) is 1.71. The summed E-state index contributed by atoms with van der Waals surface area (Å²) in [5, 5.41) is 13.8. The van der Waals surface area contributed by atoms with E-state index in [0.29, 0.717) is 16.4 Å². The van der Waals surface area contributed by atoms with Gasteiger partial charge in [-0.05, 0) is 65.4 Å². The van der Waals surface area contributed by atoms with E-state index >= 15 is 0 Å². The van der Waals surface area contributed by atoms with Gasteiger partial charge in [-0.3, -0.25) is 4.79 Å². The summed E-state index contributed by atoms with van der Waals surface area (Å²) in [5.74, 6) is -0.807. The standard InChI is InChI=1S/C19H13F2N5OS/c1-11-23-24-25-26(11)14-6-7-15(21)16(10-14)22-19(27)18-9-8-17(28-18)12-2-4-13(20)5-3-12/h2-10H,1H3,(H,22,27). The molecule has 0 atom stereocenters. The summed E-state index contributed by atoms with van der Waals surface area (Å²) in [6, 6.07) is 13.6. The number of hydrogen-bond donors (Lipinski definition) is 1. The number of rotatable bonds is 4. The molecule has 0 aliphatic rings. The molecule has 9 heteroatoms. The molecule has 4 aromatic rings. The third-order valence-corrected chi connectivity index (χ3v) is 5.16. The van der Waals surface area contributed by atoms with Gasteiger partial charge in [0.05, 0.1) is 16.3 Å². The maximum absolute atomic E-state index is 14.2. The van der Waals surface area contributed by atoms with Crippen LogP contribution in [0.3, 0.4) is 0 Å². The number of hydrogen-bond acceptors (Lipinski definition) is 5. The highest BCUT2D eigenvalue weighted by Gasteiger charge is 2.14. The van der Waals surface area contributed by atoms with Crippen LogP contribution in [-0.2, 0) is 0 Å². The maximum Gasteiger partial charge on any atom is 0.265 e. The molecule has 28 heavy (non-hydrogen) atoms. The lowest BCUT2D eigenvalue weighted by Crippen LogP contribution is -2.12. The predicted molar refractivity (Wildman–Crippen MR) is 102 cm³/mol. The summed E-state index contributed by atoms with van der Waals surface area (Å²) in [4.78, 5) is 13.8. The number of nitrogens with zero attached hydrogens (tertiary/aromatic N) is 4. The Morgan fingerprint density at radius 3 is 2.57 bits per heavy atom. The van der Waals surface area contributed by atoms with Gasteiger partial charge in [0, 0.05) is 4.88 Å². The Balaban J connectivity index is 1.57. The van der Waals surface area contributed by atoms with Gasteiger partial charge in [0.15, 0.2) is 5.82 Å². The molecule has 0 aliphatic carbocycles. The van der Waals surface area contributed by atoms with Crippen LogP contribution in [0.25, 0.3) is 16.1 Å². The smallest absolute Gasteiger partial charge is 0.265 e. The Morgan fingerprint density at radius 2 is 1.86 bits per heavy atom. The van der Waals surface area contributed by atoms with Gasteiger partial charge in [-0.2, -0.15) is 4.68 Å². The van der Waals surface area contributed by atoms with Crippen LogP contribution >= 0.6 is 11.3 Å². The van der Waals surface area contributed by atoms with Crippen molar-refractivity contribution in [2.45, 2.75) is 6.92 Å². The van der Waals surface area contributed by atoms with E-state index < -0.39 is 11.7 Å². The van der Waals surface area contributed by atoms with Crippen LogP contribution in [0.15, 0.2) is 54.6 Å². The first-order valence-corrected chi connectivity index (χ1v) is 9.05. The molecular formula is C19H13F2N5OS. The first-order valence-electron chi connectivity index (χ1n) is 8.23. The second kappa shape index (κ2) is 7.28. The van der Waals surface area contributed by atoms with Crippen LogP contribution in [-0.4, -0.2) is 26.1 Å². The summed E-state index contributed by atoms with van der Waals surface area (Å²) in [6.07, 6.45) is 0. The number of amides is 1. The Hall–Kier alpha value is -3.46. The molecule has 0 saturated heterocycles. The molecule has 0 radical (unpaired) electrons. The molecule has 0 unspecified atom stereocenters. The van der Waals surface area contributed by atoms with E-state index in [1.165, 1.54) is 46.4 Å². The minimum atomic E-state index is -0.571. The topological polar surface area (TPSA) is 72.7 Å². The van der Waals surface area contributed by atoms with E-state index in [1.54, 1.807) is 31.2 Å². The number of benzene rings is 2. The van der Waals surface area contributed by atoms with Crippen molar-refractivity contribution in [3.05, 3.63) is 76.9 Å². The number of aryl methyl sites for hydroxylation is 1. The van der Waals surface area contributed by atoms with Gasteiger partial charge < -0.3 is 5.32 Å². The molecule has 140 valence electrons. The van der Waals surface area contributed by atoms with Gasteiger partial charge in [-0.25, -0.2) is 8.78 Å². The van der Waals surface area contributed by atoms with Crippen LogP contribution in [0.4, 0.5) is 14.5 Å². The van der Waals surface area contributed by atoms with Crippen LogP contribution < -0.4 is 5.32 Å². The fourth-order valence-electron chi connectivity index (χ4n) is 2.62. The third-order valence-electron chi connectivity index (χ3n) is 4.03. The zero-order valence-corrected chi connectivity index (χ0v) is 15.4. The quantitative estimate of drug-likeness (QED) is 0.559. The molecule has 2 aromatic heterocycles. The van der Waals surface area contributed by atoms with Gasteiger partial charge in [0.2, 0.25) is 0 Å². The van der Waals surface area contributed by atoms with Gasteiger partial charge in [0.1, 0.15) is 11.6 Å². The van der Waals surface area contributed by atoms with Gasteiger partial charge >= 0.3 is 0 Å². The van der Waals surface area contributed by atoms with Gasteiger partial charge in [-0.1, -0.05) is 12.1 Å². The van der Waals surface area contributed by atoms with Crippen molar-refractivity contribution in [1.82, 2.24) is 20.2 Å². The number of aromatic nitrogens is 4. The van der Waals surface area contributed by atoms with Crippen LogP contribution in [0.1, 0.15) is 15.5 Å². The molecule has 0 saturated carbocycles. The second-order valence-corrected chi connectivity index (χ2v) is 7.01. The van der Waals surface area contributed by atoms with E-state index in [4.69, 9.17) is 0 Å². The van der Waals surface area contributed by atoms with Crippen molar-refractivity contribution in [3.63, 3.8) is 0 Å². The van der Waals surface area contributed by atoms with Crippen molar-refractivity contribution >= 4 is 22.9 Å². The predicted octanol–water partition coefficient (Wildman–Crippen LogP) is 4.23. The third kappa shape index (κ3) is 3.52. The van der Waals surface area contributed by atoms with Crippen molar-refractivity contribution in [2.75, 3.05) is 5.32 Å². The summed E-state index contributed by atoms with van der Waals surface area (Å²) >= 11 is 1.23. The highest BCUT2D eigenvalue weighted by atomic mass is 32.1. The molecule has 4 rings (SSSR count). The first kappa shape index (κ1) is 17.9. The number of thiophene rings is 1. The van der Waals surface area contributed by atoms with Crippen LogP contribution in [0.5, 0.6) is 0 Å². The summed E-state index contributed by atoms with van der Waals surface area (Å²) in [7, 11) is 0. The molecule has 2 aromatic carbocycles. The fourth-order valence-corrected chi connectivity index (χ4v) is 3.53. The molecule has 0 bridgehead atoms. The number of anilines is 1. The highest BCUT2D eigenvalue weighted by molar-refractivity contribution is 7.17. The molecular weight excluding hydrogens is 384 g/mol. The number of carbonyl (C=O) groups excluding carboxylic acids is 1. The van der Waals surface area contributed by atoms with Crippen molar-refractivity contribution in [1.29, 1.82) is 0 Å². The number of tetrazole rings is 1. The van der Waals surface area contributed by atoms with Crippen LogP contribution in [0.2, 0.25) is 0 Å². The lowest BCUT2D eigenvalue weighted by atomic mass is 10.2. The average Bonchev–Trinajstić information content (AvgIpc) is 3.33. The monoisotopic (exact) mass is 397 g/mol. The molecule has 1 N–H and O–H groups in total. The zero-order valence-electron chi connectivity index (χ0n) is 14.6. The Kier molecular flexibility index (Phi) is 4.66. The van der Waals surface area contributed by atoms with Crippen molar-refractivity contribution in [3.8, 4) is 16.1 Å². The zero-order chi connectivity index (χ0) is 19.7. The van der Waals surface area contributed by atoms with E-state index in [-0.39, 0.29) is 11.5 Å². The number of halogens is 2. The molecule has 0 aliphatic heterocycles.